The second-order valence-electron chi connectivity index (χ2n) is 5.65. The van der Waals surface area contributed by atoms with E-state index < -0.39 is 0 Å². The molecule has 25 heavy (non-hydrogen) atoms. The fourth-order valence-corrected chi connectivity index (χ4v) is 2.28. The fourth-order valence-electron chi connectivity index (χ4n) is 2.28. The number of nitrogens with one attached hydrogen (secondary N) is 2. The van der Waals surface area contributed by atoms with Crippen LogP contribution in [0.4, 0.5) is 0 Å². The number of benzene rings is 2. The van der Waals surface area contributed by atoms with E-state index in [2.05, 4.69) is 10.6 Å². The molecule has 2 aromatic carbocycles. The largest absolute Gasteiger partial charge is 0.356 e. The minimum Gasteiger partial charge on any atom is -0.356 e. The SMILES string of the molecule is O=C(CCC(=O)c1ccccc1)NCCC(=O)NCc1ccccc1. The van der Waals surface area contributed by atoms with E-state index >= 15 is 0 Å². The molecule has 2 aromatic rings. The number of ketones is 1. The fraction of sp³-hybridized carbons (Fsp3) is 0.250. The Balaban J connectivity index is 1.58. The van der Waals surface area contributed by atoms with Crippen LogP contribution in [0.1, 0.15) is 35.2 Å². The highest BCUT2D eigenvalue weighted by Gasteiger charge is 2.09. The lowest BCUT2D eigenvalue weighted by Crippen LogP contribution is -2.30. The van der Waals surface area contributed by atoms with Crippen molar-refractivity contribution in [1.82, 2.24) is 10.6 Å². The molecule has 0 atom stereocenters. The lowest BCUT2D eigenvalue weighted by atomic mass is 10.1. The maximum atomic E-state index is 11.9. The van der Waals surface area contributed by atoms with E-state index in [0.717, 1.165) is 5.56 Å². The lowest BCUT2D eigenvalue weighted by molar-refractivity contribution is -0.122. The van der Waals surface area contributed by atoms with E-state index in [-0.39, 0.29) is 43.4 Å². The van der Waals surface area contributed by atoms with Gasteiger partial charge in [-0.15, -0.1) is 0 Å². The van der Waals surface area contributed by atoms with Gasteiger partial charge in [0, 0.05) is 37.9 Å². The first-order chi connectivity index (χ1) is 12.1. The van der Waals surface area contributed by atoms with Crippen LogP contribution in [0.5, 0.6) is 0 Å². The van der Waals surface area contributed by atoms with Crippen molar-refractivity contribution in [3.8, 4) is 0 Å². The predicted octanol–water partition coefficient (Wildman–Crippen LogP) is 2.47. The van der Waals surface area contributed by atoms with Gasteiger partial charge in [0.1, 0.15) is 0 Å². The molecule has 0 heterocycles. The molecule has 5 heteroatoms. The third-order valence-electron chi connectivity index (χ3n) is 3.68. The number of hydrogen-bond donors (Lipinski definition) is 2. The van der Waals surface area contributed by atoms with E-state index in [1.807, 2.05) is 36.4 Å². The number of carbonyl (C=O) groups excluding carboxylic acids is 3. The van der Waals surface area contributed by atoms with Crippen LogP contribution in [0, 0.1) is 0 Å². The number of rotatable bonds is 9. The van der Waals surface area contributed by atoms with Crippen LogP contribution in [0.15, 0.2) is 60.7 Å². The van der Waals surface area contributed by atoms with E-state index in [1.165, 1.54) is 0 Å². The van der Waals surface area contributed by atoms with Crippen molar-refractivity contribution in [1.29, 1.82) is 0 Å². The van der Waals surface area contributed by atoms with Crippen LogP contribution < -0.4 is 10.6 Å². The normalized spacial score (nSPS) is 10.1. The molecular weight excluding hydrogens is 316 g/mol. The second-order valence-corrected chi connectivity index (χ2v) is 5.65. The Morgan fingerprint density at radius 3 is 1.96 bits per heavy atom. The third-order valence-corrected chi connectivity index (χ3v) is 3.68. The number of Topliss-reactive ketones (excluding diaryl/α,β-unsaturated/α-hetero) is 1. The molecule has 0 aromatic heterocycles. The van der Waals surface area contributed by atoms with Crippen LogP contribution in [0.25, 0.3) is 0 Å². The molecule has 0 aliphatic heterocycles. The molecule has 0 radical (unpaired) electrons. The summed E-state index contributed by atoms with van der Waals surface area (Å²) in [5.41, 5.74) is 1.63. The van der Waals surface area contributed by atoms with E-state index in [4.69, 9.17) is 0 Å². The zero-order chi connectivity index (χ0) is 17.9. The summed E-state index contributed by atoms with van der Waals surface area (Å²) in [4.78, 5) is 35.4. The molecule has 2 N–H and O–H groups in total. The van der Waals surface area contributed by atoms with E-state index in [0.29, 0.717) is 12.1 Å². The molecular formula is C20H22N2O3. The molecule has 0 spiro atoms. The Kier molecular flexibility index (Phi) is 7.38. The number of carbonyl (C=O) groups is 3. The van der Waals surface area contributed by atoms with Crippen molar-refractivity contribution < 1.29 is 14.4 Å². The average molecular weight is 338 g/mol. The van der Waals surface area contributed by atoms with Crippen molar-refractivity contribution in [2.24, 2.45) is 0 Å². The first kappa shape index (κ1) is 18.4. The summed E-state index contributed by atoms with van der Waals surface area (Å²) in [6.45, 7) is 0.734. The van der Waals surface area contributed by atoms with Gasteiger partial charge in [0.2, 0.25) is 11.8 Å². The highest BCUT2D eigenvalue weighted by Crippen LogP contribution is 2.04. The quantitative estimate of drug-likeness (QED) is 0.690. The van der Waals surface area contributed by atoms with Crippen LogP contribution in [0.3, 0.4) is 0 Å². The van der Waals surface area contributed by atoms with Crippen LogP contribution in [-0.2, 0) is 16.1 Å². The molecule has 2 amide bonds. The zero-order valence-corrected chi connectivity index (χ0v) is 14.0. The maximum absolute atomic E-state index is 11.9. The number of hydrogen-bond acceptors (Lipinski definition) is 3. The van der Waals surface area contributed by atoms with Gasteiger partial charge in [0.15, 0.2) is 5.78 Å². The van der Waals surface area contributed by atoms with Crippen LogP contribution in [0.2, 0.25) is 0 Å². The van der Waals surface area contributed by atoms with Crippen LogP contribution in [-0.4, -0.2) is 24.1 Å². The zero-order valence-electron chi connectivity index (χ0n) is 14.0. The summed E-state index contributed by atoms with van der Waals surface area (Å²) in [7, 11) is 0. The smallest absolute Gasteiger partial charge is 0.222 e. The molecule has 0 saturated heterocycles. The summed E-state index contributed by atoms with van der Waals surface area (Å²) in [6.07, 6.45) is 0.501. The maximum Gasteiger partial charge on any atom is 0.222 e. The first-order valence-electron chi connectivity index (χ1n) is 8.31. The van der Waals surface area contributed by atoms with Crippen molar-refractivity contribution >= 4 is 17.6 Å². The molecule has 130 valence electrons. The molecule has 0 fully saturated rings. The van der Waals surface area contributed by atoms with E-state index in [1.54, 1.807) is 24.3 Å². The van der Waals surface area contributed by atoms with Gasteiger partial charge in [0.25, 0.3) is 0 Å². The van der Waals surface area contributed by atoms with Gasteiger partial charge in [-0.1, -0.05) is 60.7 Å². The Hall–Kier alpha value is -2.95. The summed E-state index contributed by atoms with van der Waals surface area (Å²) in [6, 6.07) is 18.5. The minimum atomic E-state index is -0.222. The van der Waals surface area contributed by atoms with Crippen molar-refractivity contribution in [3.05, 3.63) is 71.8 Å². The van der Waals surface area contributed by atoms with Crippen molar-refractivity contribution in [2.45, 2.75) is 25.8 Å². The molecule has 0 unspecified atom stereocenters. The monoisotopic (exact) mass is 338 g/mol. The highest BCUT2D eigenvalue weighted by atomic mass is 16.2. The Bertz CT molecular complexity index is 699. The average Bonchev–Trinajstić information content (AvgIpc) is 2.66. The third kappa shape index (κ3) is 6.99. The van der Waals surface area contributed by atoms with Gasteiger partial charge in [-0.25, -0.2) is 0 Å². The van der Waals surface area contributed by atoms with E-state index in [9.17, 15) is 14.4 Å². The minimum absolute atomic E-state index is 0.0589. The van der Waals surface area contributed by atoms with Crippen molar-refractivity contribution in [3.63, 3.8) is 0 Å². The molecule has 2 rings (SSSR count). The van der Waals surface area contributed by atoms with Crippen LogP contribution >= 0.6 is 0 Å². The summed E-state index contributed by atoms with van der Waals surface area (Å²) in [5, 5.41) is 5.47. The lowest BCUT2D eigenvalue weighted by Gasteiger charge is -2.07. The Morgan fingerprint density at radius 2 is 1.28 bits per heavy atom. The molecule has 0 saturated carbocycles. The topological polar surface area (TPSA) is 75.3 Å². The van der Waals surface area contributed by atoms with Gasteiger partial charge in [-0.2, -0.15) is 0 Å². The highest BCUT2D eigenvalue weighted by molar-refractivity contribution is 5.97. The van der Waals surface area contributed by atoms with Gasteiger partial charge in [-0.3, -0.25) is 14.4 Å². The van der Waals surface area contributed by atoms with Crippen molar-refractivity contribution in [2.75, 3.05) is 6.54 Å². The predicted molar refractivity (Wildman–Crippen MR) is 95.9 cm³/mol. The van der Waals surface area contributed by atoms with Gasteiger partial charge >= 0.3 is 0 Å². The van der Waals surface area contributed by atoms with Gasteiger partial charge < -0.3 is 10.6 Å². The Labute approximate surface area is 147 Å². The summed E-state index contributed by atoms with van der Waals surface area (Å²) >= 11 is 0. The molecule has 0 bridgehead atoms. The van der Waals surface area contributed by atoms with Gasteiger partial charge in [-0.05, 0) is 5.56 Å². The Morgan fingerprint density at radius 1 is 0.680 bits per heavy atom. The first-order valence-corrected chi connectivity index (χ1v) is 8.31. The molecule has 5 nitrogen and oxygen atoms in total. The molecule has 0 aliphatic rings. The second kappa shape index (κ2) is 10.0. The standard InChI is InChI=1S/C20H22N2O3/c23-18(17-9-5-2-6-10-17)11-12-19(24)21-14-13-20(25)22-15-16-7-3-1-4-8-16/h1-10H,11-15H2,(H,21,24)(H,22,25). The molecule has 0 aliphatic carbocycles. The summed E-state index contributed by atoms with van der Waals surface area (Å²) in [5.74, 6) is -0.402. The summed E-state index contributed by atoms with van der Waals surface area (Å²) < 4.78 is 0. The van der Waals surface area contributed by atoms with Gasteiger partial charge in [0.05, 0.1) is 0 Å². The number of amides is 2.